The summed E-state index contributed by atoms with van der Waals surface area (Å²) in [6.07, 6.45) is 7.90. The molecule has 0 saturated heterocycles. The summed E-state index contributed by atoms with van der Waals surface area (Å²) in [7, 11) is 1.76. The van der Waals surface area contributed by atoms with Gasteiger partial charge in [0.15, 0.2) is 5.96 Å². The molecule has 3 N–H and O–H groups in total. The van der Waals surface area contributed by atoms with Crippen molar-refractivity contribution < 1.29 is 4.79 Å². The molecule has 3 rings (SSSR count). The zero-order valence-electron chi connectivity index (χ0n) is 15.8. The Labute approximate surface area is 160 Å². The summed E-state index contributed by atoms with van der Waals surface area (Å²) in [5, 5.41) is 13.8. The summed E-state index contributed by atoms with van der Waals surface area (Å²) in [5.74, 6) is 1.09. The van der Waals surface area contributed by atoms with Crippen molar-refractivity contribution in [1.82, 2.24) is 20.4 Å². The van der Waals surface area contributed by atoms with Crippen molar-refractivity contribution >= 4 is 17.6 Å². The van der Waals surface area contributed by atoms with Gasteiger partial charge >= 0.3 is 0 Å². The molecular weight excluding hydrogens is 340 g/mol. The Bertz CT molecular complexity index is 752. The van der Waals surface area contributed by atoms with E-state index in [-0.39, 0.29) is 11.8 Å². The van der Waals surface area contributed by atoms with Crippen LogP contribution in [0.25, 0.3) is 0 Å². The maximum Gasteiger partial charge on any atom is 0.227 e. The van der Waals surface area contributed by atoms with E-state index in [0.29, 0.717) is 6.54 Å². The number of carbonyl (C=O) groups excluding carboxylic acids is 1. The van der Waals surface area contributed by atoms with Crippen LogP contribution in [0.1, 0.15) is 31.2 Å². The van der Waals surface area contributed by atoms with E-state index in [9.17, 15) is 4.79 Å². The van der Waals surface area contributed by atoms with Gasteiger partial charge in [0.25, 0.3) is 0 Å². The van der Waals surface area contributed by atoms with E-state index in [1.54, 1.807) is 13.2 Å². The molecule has 1 aliphatic carbocycles. The van der Waals surface area contributed by atoms with Gasteiger partial charge in [-0.05, 0) is 43.0 Å². The molecule has 27 heavy (non-hydrogen) atoms. The summed E-state index contributed by atoms with van der Waals surface area (Å²) in [6, 6.07) is 9.87. The Kier molecular flexibility index (Phi) is 6.84. The average Bonchev–Trinajstić information content (AvgIpc) is 3.13. The number of aryl methyl sites for hydroxylation is 1. The number of aromatic nitrogens is 2. The van der Waals surface area contributed by atoms with Crippen molar-refractivity contribution in [2.45, 2.75) is 38.8 Å². The van der Waals surface area contributed by atoms with Crippen LogP contribution in [0.4, 0.5) is 5.69 Å². The lowest BCUT2D eigenvalue weighted by Crippen LogP contribution is -2.37. The highest BCUT2D eigenvalue weighted by atomic mass is 16.1. The van der Waals surface area contributed by atoms with Crippen LogP contribution in [0.2, 0.25) is 0 Å². The highest BCUT2D eigenvalue weighted by Crippen LogP contribution is 2.27. The molecule has 1 aliphatic rings. The van der Waals surface area contributed by atoms with Crippen molar-refractivity contribution in [2.24, 2.45) is 10.9 Å². The van der Waals surface area contributed by atoms with Gasteiger partial charge < -0.3 is 16.0 Å². The molecule has 0 spiro atoms. The van der Waals surface area contributed by atoms with E-state index in [1.165, 1.54) is 0 Å². The minimum Gasteiger partial charge on any atom is -0.356 e. The summed E-state index contributed by atoms with van der Waals surface area (Å²) >= 11 is 0. The predicted octanol–water partition coefficient (Wildman–Crippen LogP) is 2.38. The van der Waals surface area contributed by atoms with E-state index >= 15 is 0 Å². The fraction of sp³-hybridized carbons (Fsp3) is 0.450. The number of guanidine groups is 1. The van der Waals surface area contributed by atoms with E-state index < -0.39 is 0 Å². The lowest BCUT2D eigenvalue weighted by atomic mass is 9.85. The predicted molar refractivity (Wildman–Crippen MR) is 107 cm³/mol. The first-order chi connectivity index (χ1) is 13.2. The van der Waals surface area contributed by atoms with Crippen LogP contribution < -0.4 is 16.0 Å². The van der Waals surface area contributed by atoms with Crippen molar-refractivity contribution in [3.8, 4) is 0 Å². The first kappa shape index (κ1) is 18.9. The van der Waals surface area contributed by atoms with Gasteiger partial charge in [-0.2, -0.15) is 5.10 Å². The number of nitrogens with zero attached hydrogens (tertiary/aromatic N) is 3. The molecular formula is C20H28N6O. The standard InChI is InChI=1S/C20H28N6O/c1-21-20(22-10-4-12-26-13-5-11-24-26)23-15-16-6-2-9-18(14-16)25-19(27)17-7-3-8-17/h2,5-6,9,11,13-14,17H,3-4,7-8,10,12,15H2,1H3,(H,25,27)(H2,21,22,23). The number of nitrogens with one attached hydrogen (secondary N) is 3. The van der Waals surface area contributed by atoms with Crippen LogP contribution in [0.3, 0.4) is 0 Å². The molecule has 144 valence electrons. The molecule has 2 aromatic rings. The minimum atomic E-state index is 0.140. The smallest absolute Gasteiger partial charge is 0.227 e. The second kappa shape index (κ2) is 9.75. The van der Waals surface area contributed by atoms with Gasteiger partial charge in [-0.1, -0.05) is 18.6 Å². The lowest BCUT2D eigenvalue weighted by Gasteiger charge is -2.24. The van der Waals surface area contributed by atoms with E-state index in [2.05, 4.69) is 26.0 Å². The normalized spacial score (nSPS) is 14.5. The van der Waals surface area contributed by atoms with Gasteiger partial charge in [-0.25, -0.2) is 0 Å². The SMILES string of the molecule is CN=C(NCCCn1cccn1)NCc1cccc(NC(=O)C2CCC2)c1. The van der Waals surface area contributed by atoms with Crippen LogP contribution >= 0.6 is 0 Å². The van der Waals surface area contributed by atoms with Crippen LogP contribution in [0.15, 0.2) is 47.7 Å². The molecule has 1 saturated carbocycles. The molecule has 0 aliphatic heterocycles. The Morgan fingerprint density at radius 1 is 1.30 bits per heavy atom. The van der Waals surface area contributed by atoms with Gasteiger partial charge in [0.1, 0.15) is 0 Å². The number of hydrogen-bond acceptors (Lipinski definition) is 3. The number of benzene rings is 1. The van der Waals surface area contributed by atoms with Crippen molar-refractivity contribution in [3.05, 3.63) is 48.3 Å². The third-order valence-electron chi connectivity index (χ3n) is 4.77. The zero-order chi connectivity index (χ0) is 18.9. The molecule has 0 bridgehead atoms. The van der Waals surface area contributed by atoms with Gasteiger partial charge in [-0.15, -0.1) is 0 Å². The Morgan fingerprint density at radius 3 is 2.89 bits per heavy atom. The Hall–Kier alpha value is -2.83. The van der Waals surface area contributed by atoms with Gasteiger partial charge in [0.05, 0.1) is 0 Å². The summed E-state index contributed by atoms with van der Waals surface area (Å²) in [4.78, 5) is 16.3. The molecule has 7 nitrogen and oxygen atoms in total. The first-order valence-electron chi connectivity index (χ1n) is 9.56. The second-order valence-electron chi connectivity index (χ2n) is 6.79. The fourth-order valence-corrected chi connectivity index (χ4v) is 2.96. The summed E-state index contributed by atoms with van der Waals surface area (Å²) in [5.41, 5.74) is 1.95. The number of anilines is 1. The fourth-order valence-electron chi connectivity index (χ4n) is 2.96. The number of rotatable bonds is 8. The molecule has 0 radical (unpaired) electrons. The largest absolute Gasteiger partial charge is 0.356 e. The number of hydrogen-bond donors (Lipinski definition) is 3. The third-order valence-corrected chi connectivity index (χ3v) is 4.77. The van der Waals surface area contributed by atoms with E-state index in [0.717, 1.165) is 56.0 Å². The molecule has 1 fully saturated rings. The van der Waals surface area contributed by atoms with Gasteiger partial charge in [-0.3, -0.25) is 14.5 Å². The Balaban J connectivity index is 1.40. The van der Waals surface area contributed by atoms with Crippen molar-refractivity contribution in [3.63, 3.8) is 0 Å². The molecule has 1 aromatic heterocycles. The average molecular weight is 368 g/mol. The molecule has 1 aromatic carbocycles. The highest BCUT2D eigenvalue weighted by Gasteiger charge is 2.25. The lowest BCUT2D eigenvalue weighted by molar-refractivity contribution is -0.122. The van der Waals surface area contributed by atoms with Crippen LogP contribution in [0.5, 0.6) is 0 Å². The topological polar surface area (TPSA) is 83.3 Å². The molecule has 7 heteroatoms. The number of carbonyl (C=O) groups is 1. The quantitative estimate of drug-likeness (QED) is 0.379. The second-order valence-corrected chi connectivity index (χ2v) is 6.79. The molecule has 0 unspecified atom stereocenters. The monoisotopic (exact) mass is 368 g/mol. The van der Waals surface area contributed by atoms with Crippen LogP contribution in [-0.2, 0) is 17.9 Å². The third kappa shape index (κ3) is 5.84. The summed E-state index contributed by atoms with van der Waals surface area (Å²) in [6.45, 7) is 2.34. The number of aliphatic imine (C=N–C) groups is 1. The zero-order valence-corrected chi connectivity index (χ0v) is 15.8. The number of amides is 1. The van der Waals surface area contributed by atoms with E-state index in [4.69, 9.17) is 0 Å². The Morgan fingerprint density at radius 2 is 2.19 bits per heavy atom. The van der Waals surface area contributed by atoms with Gasteiger partial charge in [0.2, 0.25) is 5.91 Å². The summed E-state index contributed by atoms with van der Waals surface area (Å²) < 4.78 is 1.92. The van der Waals surface area contributed by atoms with E-state index in [1.807, 2.05) is 41.2 Å². The van der Waals surface area contributed by atoms with Crippen molar-refractivity contribution in [1.29, 1.82) is 0 Å². The molecule has 0 atom stereocenters. The van der Waals surface area contributed by atoms with Crippen molar-refractivity contribution in [2.75, 3.05) is 18.9 Å². The maximum absolute atomic E-state index is 12.1. The first-order valence-corrected chi connectivity index (χ1v) is 9.56. The molecule has 1 heterocycles. The van der Waals surface area contributed by atoms with Gasteiger partial charge in [0, 0.05) is 50.7 Å². The van der Waals surface area contributed by atoms with Crippen LogP contribution in [0, 0.1) is 5.92 Å². The maximum atomic E-state index is 12.1. The minimum absolute atomic E-state index is 0.140. The van der Waals surface area contributed by atoms with Crippen LogP contribution in [-0.4, -0.2) is 35.2 Å². The highest BCUT2D eigenvalue weighted by molar-refractivity contribution is 5.93. The molecule has 1 amide bonds.